The van der Waals surface area contributed by atoms with Crippen molar-refractivity contribution in [1.82, 2.24) is 9.47 Å². The Bertz CT molecular complexity index is 870. The highest BCUT2D eigenvalue weighted by Crippen LogP contribution is 2.14. The fraction of sp³-hybridized carbons (Fsp3) is 0.188. The Morgan fingerprint density at radius 3 is 2.73 bits per heavy atom. The molecule has 0 N–H and O–H groups in total. The van der Waals surface area contributed by atoms with Crippen LogP contribution in [-0.4, -0.2) is 16.5 Å². The summed E-state index contributed by atoms with van der Waals surface area (Å²) in [7, 11) is 1.75. The second-order valence-electron chi connectivity index (χ2n) is 5.16. The molecule has 0 saturated heterocycles. The Kier molecular flexibility index (Phi) is 3.77. The number of nitrogens with zero attached hydrogens (tertiary/aromatic N) is 2. The Morgan fingerprint density at radius 2 is 1.95 bits per heavy atom. The zero-order valence-corrected chi connectivity index (χ0v) is 11.9. The normalized spacial score (nSPS) is 11.5. The monoisotopic (exact) mass is 304 g/mol. The third-order valence-electron chi connectivity index (χ3n) is 3.41. The van der Waals surface area contributed by atoms with E-state index in [4.69, 9.17) is 4.42 Å². The first-order chi connectivity index (χ1) is 10.5. The molecule has 0 spiro atoms. The Labute approximate surface area is 125 Å². The molecule has 0 atom stereocenters. The van der Waals surface area contributed by atoms with E-state index in [1.54, 1.807) is 30.1 Å². The van der Waals surface area contributed by atoms with Gasteiger partial charge in [0.25, 0.3) is 0 Å². The van der Waals surface area contributed by atoms with Crippen molar-refractivity contribution in [1.29, 1.82) is 0 Å². The maximum atomic E-state index is 13.7. The van der Waals surface area contributed by atoms with Gasteiger partial charge < -0.3 is 4.42 Å². The highest BCUT2D eigenvalue weighted by molar-refractivity contribution is 5.72. The predicted molar refractivity (Wildman–Crippen MR) is 78.3 cm³/mol. The molecule has 0 bridgehead atoms. The van der Waals surface area contributed by atoms with Crippen LogP contribution in [0, 0.1) is 11.6 Å². The van der Waals surface area contributed by atoms with Crippen molar-refractivity contribution < 1.29 is 13.2 Å². The van der Waals surface area contributed by atoms with Crippen molar-refractivity contribution in [2.75, 3.05) is 7.05 Å². The van der Waals surface area contributed by atoms with Crippen LogP contribution in [0.2, 0.25) is 0 Å². The largest absolute Gasteiger partial charge is 0.421 e. The maximum Gasteiger partial charge on any atom is 0.421 e. The molecule has 2 aromatic carbocycles. The molecule has 0 aliphatic carbocycles. The molecule has 4 nitrogen and oxygen atoms in total. The molecule has 114 valence electrons. The minimum atomic E-state index is -0.610. The van der Waals surface area contributed by atoms with E-state index in [0.717, 1.165) is 6.07 Å². The topological polar surface area (TPSA) is 38.4 Å². The van der Waals surface area contributed by atoms with Crippen LogP contribution in [0.3, 0.4) is 0 Å². The van der Waals surface area contributed by atoms with Gasteiger partial charge in [0.1, 0.15) is 11.6 Å². The van der Waals surface area contributed by atoms with E-state index in [0.29, 0.717) is 16.7 Å². The standard InChI is InChI=1S/C16H14F2N2O2/c1-19(9-11-6-7-12(17)8-13(11)18)10-20-14-4-2-3-5-15(14)22-16(20)21/h2-8H,9-10H2,1H3. The van der Waals surface area contributed by atoms with Crippen LogP contribution in [0.15, 0.2) is 51.7 Å². The van der Waals surface area contributed by atoms with E-state index in [9.17, 15) is 13.6 Å². The molecule has 0 fully saturated rings. The zero-order valence-electron chi connectivity index (χ0n) is 11.9. The Hall–Kier alpha value is -2.47. The van der Waals surface area contributed by atoms with Crippen molar-refractivity contribution >= 4 is 11.1 Å². The number of aromatic nitrogens is 1. The van der Waals surface area contributed by atoms with E-state index in [2.05, 4.69) is 0 Å². The number of rotatable bonds is 4. The quantitative estimate of drug-likeness (QED) is 0.744. The summed E-state index contributed by atoms with van der Waals surface area (Å²) in [6, 6.07) is 10.6. The highest BCUT2D eigenvalue weighted by atomic mass is 19.1. The van der Waals surface area contributed by atoms with Gasteiger partial charge in [-0.25, -0.2) is 13.6 Å². The smallest absolute Gasteiger partial charge is 0.408 e. The van der Waals surface area contributed by atoms with Crippen LogP contribution in [-0.2, 0) is 13.2 Å². The minimum Gasteiger partial charge on any atom is -0.408 e. The van der Waals surface area contributed by atoms with Gasteiger partial charge >= 0.3 is 5.76 Å². The van der Waals surface area contributed by atoms with Crippen molar-refractivity contribution in [3.05, 3.63) is 70.2 Å². The zero-order chi connectivity index (χ0) is 15.7. The molecule has 3 aromatic rings. The lowest BCUT2D eigenvalue weighted by Crippen LogP contribution is -2.27. The third kappa shape index (κ3) is 2.78. The number of para-hydroxylation sites is 2. The summed E-state index contributed by atoms with van der Waals surface area (Å²) in [5.74, 6) is -1.68. The fourth-order valence-electron chi connectivity index (χ4n) is 2.38. The SMILES string of the molecule is CN(Cc1ccc(F)cc1F)Cn1c(=O)oc2ccccc21. The Morgan fingerprint density at radius 1 is 1.18 bits per heavy atom. The van der Waals surface area contributed by atoms with Crippen LogP contribution in [0.25, 0.3) is 11.1 Å². The predicted octanol–water partition coefficient (Wildman–Crippen LogP) is 2.96. The molecular weight excluding hydrogens is 290 g/mol. The summed E-state index contributed by atoms with van der Waals surface area (Å²) in [6.45, 7) is 0.491. The summed E-state index contributed by atoms with van der Waals surface area (Å²) in [5, 5.41) is 0. The van der Waals surface area contributed by atoms with E-state index in [-0.39, 0.29) is 13.2 Å². The summed E-state index contributed by atoms with van der Waals surface area (Å²) < 4.78 is 33.2. The van der Waals surface area contributed by atoms with E-state index in [1.165, 1.54) is 16.7 Å². The molecule has 0 amide bonds. The summed E-state index contributed by atoms with van der Waals surface area (Å²) >= 11 is 0. The first kappa shape index (κ1) is 14.5. The number of benzene rings is 2. The number of oxazole rings is 1. The van der Waals surface area contributed by atoms with Crippen molar-refractivity contribution in [2.45, 2.75) is 13.2 Å². The number of hydrogen-bond donors (Lipinski definition) is 0. The molecule has 0 aliphatic rings. The van der Waals surface area contributed by atoms with Crippen LogP contribution >= 0.6 is 0 Å². The Balaban J connectivity index is 1.82. The molecule has 0 radical (unpaired) electrons. The second-order valence-corrected chi connectivity index (χ2v) is 5.16. The highest BCUT2D eigenvalue weighted by Gasteiger charge is 2.12. The van der Waals surface area contributed by atoms with Gasteiger partial charge in [0.2, 0.25) is 0 Å². The number of fused-ring (bicyclic) bond motifs is 1. The third-order valence-corrected chi connectivity index (χ3v) is 3.41. The summed E-state index contributed by atoms with van der Waals surface area (Å²) in [4.78, 5) is 13.6. The van der Waals surface area contributed by atoms with Gasteiger partial charge in [-0.05, 0) is 25.2 Å². The molecule has 0 unspecified atom stereocenters. The lowest BCUT2D eigenvalue weighted by Gasteiger charge is -2.17. The molecule has 3 rings (SSSR count). The molecule has 1 heterocycles. The van der Waals surface area contributed by atoms with Crippen LogP contribution in [0.1, 0.15) is 5.56 Å². The fourth-order valence-corrected chi connectivity index (χ4v) is 2.38. The lowest BCUT2D eigenvalue weighted by atomic mass is 10.2. The molecule has 6 heteroatoms. The van der Waals surface area contributed by atoms with Gasteiger partial charge in [-0.2, -0.15) is 0 Å². The van der Waals surface area contributed by atoms with E-state index < -0.39 is 17.4 Å². The second kappa shape index (κ2) is 5.73. The maximum absolute atomic E-state index is 13.7. The van der Waals surface area contributed by atoms with Crippen LogP contribution in [0.5, 0.6) is 0 Å². The van der Waals surface area contributed by atoms with Gasteiger partial charge in [0.15, 0.2) is 5.58 Å². The first-order valence-electron chi connectivity index (χ1n) is 6.75. The number of hydrogen-bond acceptors (Lipinski definition) is 3. The van der Waals surface area contributed by atoms with Crippen LogP contribution in [0.4, 0.5) is 8.78 Å². The van der Waals surface area contributed by atoms with Gasteiger partial charge in [0.05, 0.1) is 12.2 Å². The van der Waals surface area contributed by atoms with Crippen molar-refractivity contribution in [2.24, 2.45) is 0 Å². The van der Waals surface area contributed by atoms with Gasteiger partial charge in [0, 0.05) is 18.2 Å². The van der Waals surface area contributed by atoms with E-state index >= 15 is 0 Å². The molecule has 0 aliphatic heterocycles. The molecular formula is C16H14F2N2O2. The number of halogens is 2. The average Bonchev–Trinajstić information content (AvgIpc) is 2.78. The summed E-state index contributed by atoms with van der Waals surface area (Å²) in [5.41, 5.74) is 1.55. The average molecular weight is 304 g/mol. The van der Waals surface area contributed by atoms with Crippen molar-refractivity contribution in [3.63, 3.8) is 0 Å². The molecule has 1 aromatic heterocycles. The van der Waals surface area contributed by atoms with Gasteiger partial charge in [-0.3, -0.25) is 9.47 Å². The lowest BCUT2D eigenvalue weighted by molar-refractivity contribution is 0.250. The molecule has 22 heavy (non-hydrogen) atoms. The first-order valence-corrected chi connectivity index (χ1v) is 6.75. The summed E-state index contributed by atoms with van der Waals surface area (Å²) in [6.07, 6.45) is 0. The van der Waals surface area contributed by atoms with Crippen LogP contribution < -0.4 is 5.76 Å². The minimum absolute atomic E-state index is 0.243. The van der Waals surface area contributed by atoms with E-state index in [1.807, 2.05) is 6.07 Å². The van der Waals surface area contributed by atoms with Gasteiger partial charge in [-0.15, -0.1) is 0 Å². The van der Waals surface area contributed by atoms with Gasteiger partial charge in [-0.1, -0.05) is 18.2 Å². The van der Waals surface area contributed by atoms with Crippen molar-refractivity contribution in [3.8, 4) is 0 Å². The molecule has 0 saturated carbocycles.